The van der Waals surface area contributed by atoms with Crippen molar-refractivity contribution < 1.29 is 9.59 Å². The Labute approximate surface area is 146 Å². The van der Waals surface area contributed by atoms with Gasteiger partial charge in [0.05, 0.1) is 0 Å². The first kappa shape index (κ1) is 16.9. The predicted molar refractivity (Wildman–Crippen MR) is 94.8 cm³/mol. The molecule has 0 atom stereocenters. The first-order chi connectivity index (χ1) is 12.1. The van der Waals surface area contributed by atoms with E-state index in [4.69, 9.17) is 0 Å². The molecule has 2 aromatic rings. The van der Waals surface area contributed by atoms with Crippen LogP contribution < -0.4 is 5.32 Å². The number of amides is 2. The molecule has 0 spiro atoms. The van der Waals surface area contributed by atoms with Crippen LogP contribution in [0.25, 0.3) is 0 Å². The van der Waals surface area contributed by atoms with Gasteiger partial charge in [0.1, 0.15) is 17.8 Å². The first-order valence-corrected chi connectivity index (χ1v) is 8.22. The summed E-state index contributed by atoms with van der Waals surface area (Å²) in [5.41, 5.74) is 3.55. The minimum atomic E-state index is -0.141. The number of anilines is 2. The lowest BCUT2D eigenvalue weighted by Gasteiger charge is -2.32. The second-order valence-electron chi connectivity index (χ2n) is 6.11. The van der Waals surface area contributed by atoms with Crippen LogP contribution in [0.2, 0.25) is 0 Å². The molecule has 1 aliphatic heterocycles. The molecule has 130 valence electrons. The molecule has 1 aromatic carbocycles. The molecule has 1 aromatic heterocycles. The molecule has 1 aliphatic rings. The molecule has 2 heterocycles. The van der Waals surface area contributed by atoms with Crippen LogP contribution in [-0.4, -0.2) is 58.3 Å². The molecule has 1 fully saturated rings. The number of aryl methyl sites for hydroxylation is 2. The van der Waals surface area contributed by atoms with Crippen LogP contribution in [0.4, 0.5) is 11.5 Å². The van der Waals surface area contributed by atoms with E-state index in [1.165, 1.54) is 6.33 Å². The molecule has 0 radical (unpaired) electrons. The highest BCUT2D eigenvalue weighted by molar-refractivity contribution is 5.93. The third-order valence-electron chi connectivity index (χ3n) is 4.37. The summed E-state index contributed by atoms with van der Waals surface area (Å²) in [6, 6.07) is 7.72. The largest absolute Gasteiger partial charge is 0.342 e. The Balaban J connectivity index is 1.75. The number of para-hydroxylation sites is 1. The molecule has 0 saturated carbocycles. The number of hydrogen-bond acceptors (Lipinski definition) is 5. The van der Waals surface area contributed by atoms with Crippen molar-refractivity contribution in [2.45, 2.75) is 13.8 Å². The van der Waals surface area contributed by atoms with Gasteiger partial charge in [-0.3, -0.25) is 9.59 Å². The number of hydrogen-bond donors (Lipinski definition) is 1. The zero-order chi connectivity index (χ0) is 17.8. The molecular weight excluding hydrogens is 318 g/mol. The second-order valence-corrected chi connectivity index (χ2v) is 6.11. The van der Waals surface area contributed by atoms with Crippen molar-refractivity contribution in [2.24, 2.45) is 0 Å². The number of carbonyl (C=O) groups excluding carboxylic acids is 2. The summed E-state index contributed by atoms with van der Waals surface area (Å²) in [6.07, 6.45) is 2.21. The molecule has 1 N–H and O–H groups in total. The average Bonchev–Trinajstić information content (AvgIpc) is 2.64. The molecule has 2 amide bonds. The molecule has 7 heteroatoms. The number of aromatic nitrogens is 2. The van der Waals surface area contributed by atoms with Gasteiger partial charge in [-0.1, -0.05) is 18.2 Å². The first-order valence-electron chi connectivity index (χ1n) is 8.22. The normalized spacial score (nSPS) is 14.3. The van der Waals surface area contributed by atoms with E-state index < -0.39 is 0 Å². The molecule has 0 aliphatic carbocycles. The van der Waals surface area contributed by atoms with E-state index in [0.717, 1.165) is 23.2 Å². The van der Waals surface area contributed by atoms with E-state index in [1.54, 1.807) is 15.9 Å². The van der Waals surface area contributed by atoms with Gasteiger partial charge in [-0.15, -0.1) is 0 Å². The topological polar surface area (TPSA) is 78.4 Å². The molecular formula is C18H21N5O2. The van der Waals surface area contributed by atoms with E-state index in [9.17, 15) is 9.59 Å². The van der Waals surface area contributed by atoms with E-state index in [2.05, 4.69) is 15.3 Å². The van der Waals surface area contributed by atoms with Gasteiger partial charge in [0.2, 0.25) is 6.41 Å². The maximum atomic E-state index is 12.6. The highest BCUT2D eigenvalue weighted by atomic mass is 16.2. The maximum absolute atomic E-state index is 12.6. The lowest BCUT2D eigenvalue weighted by molar-refractivity contribution is -0.119. The van der Waals surface area contributed by atoms with Crippen LogP contribution >= 0.6 is 0 Å². The number of carbonyl (C=O) groups is 2. The van der Waals surface area contributed by atoms with Gasteiger partial charge in [0.25, 0.3) is 5.91 Å². The van der Waals surface area contributed by atoms with Gasteiger partial charge in [-0.25, -0.2) is 9.97 Å². The summed E-state index contributed by atoms with van der Waals surface area (Å²) in [5, 5.41) is 3.28. The van der Waals surface area contributed by atoms with Crippen LogP contribution in [0, 0.1) is 13.8 Å². The minimum absolute atomic E-state index is 0.141. The standard InChI is InChI=1S/C18H21N5O2/c1-13-4-3-5-14(2)17(13)21-16-10-15(19-11-20-16)18(25)23-8-6-22(12-24)7-9-23/h3-5,10-12H,6-9H2,1-2H3,(H,19,20,21). The molecule has 7 nitrogen and oxygen atoms in total. The summed E-state index contributed by atoms with van der Waals surface area (Å²) in [6.45, 7) is 6.17. The van der Waals surface area contributed by atoms with Crippen molar-refractivity contribution >= 4 is 23.8 Å². The Morgan fingerprint density at radius 2 is 1.80 bits per heavy atom. The number of rotatable bonds is 4. The van der Waals surface area contributed by atoms with Crippen molar-refractivity contribution in [1.82, 2.24) is 19.8 Å². The Hall–Kier alpha value is -2.96. The fourth-order valence-corrected chi connectivity index (χ4v) is 2.87. The number of nitrogens with zero attached hydrogens (tertiary/aromatic N) is 4. The Bertz CT molecular complexity index is 765. The summed E-state index contributed by atoms with van der Waals surface area (Å²) in [7, 11) is 0. The number of nitrogens with one attached hydrogen (secondary N) is 1. The summed E-state index contributed by atoms with van der Waals surface area (Å²) >= 11 is 0. The van der Waals surface area contributed by atoms with Crippen molar-refractivity contribution in [3.8, 4) is 0 Å². The van der Waals surface area contributed by atoms with Crippen molar-refractivity contribution in [2.75, 3.05) is 31.5 Å². The Morgan fingerprint density at radius 3 is 2.44 bits per heavy atom. The van der Waals surface area contributed by atoms with Crippen molar-refractivity contribution in [3.63, 3.8) is 0 Å². The maximum Gasteiger partial charge on any atom is 0.272 e. The second kappa shape index (κ2) is 7.29. The molecule has 1 saturated heterocycles. The summed E-state index contributed by atoms with van der Waals surface area (Å²) in [5.74, 6) is 0.444. The fraction of sp³-hybridized carbons (Fsp3) is 0.333. The van der Waals surface area contributed by atoms with Crippen molar-refractivity contribution in [1.29, 1.82) is 0 Å². The van der Waals surface area contributed by atoms with Crippen LogP contribution in [0.5, 0.6) is 0 Å². The quantitative estimate of drug-likeness (QED) is 0.859. The van der Waals surface area contributed by atoms with Crippen LogP contribution in [-0.2, 0) is 4.79 Å². The number of piperazine rings is 1. The highest BCUT2D eigenvalue weighted by Gasteiger charge is 2.22. The van der Waals surface area contributed by atoms with Crippen LogP contribution in [0.3, 0.4) is 0 Å². The fourth-order valence-electron chi connectivity index (χ4n) is 2.87. The molecule has 3 rings (SSSR count). The third kappa shape index (κ3) is 3.76. The minimum Gasteiger partial charge on any atom is -0.342 e. The Kier molecular flexibility index (Phi) is 4.92. The molecule has 0 unspecified atom stereocenters. The SMILES string of the molecule is Cc1cccc(C)c1Nc1cc(C(=O)N2CCN(C=O)CC2)ncn1. The van der Waals surface area contributed by atoms with Gasteiger partial charge < -0.3 is 15.1 Å². The molecule has 25 heavy (non-hydrogen) atoms. The summed E-state index contributed by atoms with van der Waals surface area (Å²) < 4.78 is 0. The average molecular weight is 339 g/mol. The van der Waals surface area contributed by atoms with E-state index >= 15 is 0 Å². The van der Waals surface area contributed by atoms with Gasteiger partial charge >= 0.3 is 0 Å². The monoisotopic (exact) mass is 339 g/mol. The molecule has 0 bridgehead atoms. The lowest BCUT2D eigenvalue weighted by Crippen LogP contribution is -2.48. The van der Waals surface area contributed by atoms with E-state index in [-0.39, 0.29) is 5.91 Å². The van der Waals surface area contributed by atoms with Crippen molar-refractivity contribution in [3.05, 3.63) is 47.4 Å². The smallest absolute Gasteiger partial charge is 0.272 e. The Morgan fingerprint density at radius 1 is 1.12 bits per heavy atom. The van der Waals surface area contributed by atoms with E-state index in [1.807, 2.05) is 32.0 Å². The van der Waals surface area contributed by atoms with Crippen LogP contribution in [0.15, 0.2) is 30.6 Å². The highest BCUT2D eigenvalue weighted by Crippen LogP contribution is 2.23. The van der Waals surface area contributed by atoms with Gasteiger partial charge in [-0.05, 0) is 25.0 Å². The van der Waals surface area contributed by atoms with E-state index in [0.29, 0.717) is 37.7 Å². The third-order valence-corrected chi connectivity index (χ3v) is 4.37. The zero-order valence-electron chi connectivity index (χ0n) is 14.4. The van der Waals surface area contributed by atoms with Gasteiger partial charge in [-0.2, -0.15) is 0 Å². The van der Waals surface area contributed by atoms with Gasteiger partial charge in [0.15, 0.2) is 0 Å². The van der Waals surface area contributed by atoms with Crippen LogP contribution in [0.1, 0.15) is 21.6 Å². The van der Waals surface area contributed by atoms with Gasteiger partial charge in [0, 0.05) is 37.9 Å². The zero-order valence-corrected chi connectivity index (χ0v) is 14.4. The lowest BCUT2D eigenvalue weighted by atomic mass is 10.1. The predicted octanol–water partition coefficient (Wildman–Crippen LogP) is 1.75. The summed E-state index contributed by atoms with van der Waals surface area (Å²) in [4.78, 5) is 35.1. The number of benzene rings is 1.